The van der Waals surface area contributed by atoms with Gasteiger partial charge in [-0.1, -0.05) is 0 Å². The van der Waals surface area contributed by atoms with Crippen molar-refractivity contribution >= 4 is 11.9 Å². The summed E-state index contributed by atoms with van der Waals surface area (Å²) in [5, 5.41) is 0. The minimum Gasteiger partial charge on any atom is -0.490 e. The topological polar surface area (TPSA) is 71.1 Å². The summed E-state index contributed by atoms with van der Waals surface area (Å²) < 4.78 is 20.1. The number of rotatable bonds is 3. The average Bonchev–Trinajstić information content (AvgIpc) is 2.60. The van der Waals surface area contributed by atoms with Crippen molar-refractivity contribution in [1.82, 2.24) is 0 Å². The Balaban J connectivity index is 2.65. The van der Waals surface area contributed by atoms with Crippen molar-refractivity contribution in [3.63, 3.8) is 0 Å². The molecule has 17 heavy (non-hydrogen) atoms. The summed E-state index contributed by atoms with van der Waals surface area (Å²) in [7, 11) is 2.78. The second kappa shape index (κ2) is 3.97. The fourth-order valence-electron chi connectivity index (χ4n) is 1.61. The molecule has 0 saturated carbocycles. The third-order valence-corrected chi connectivity index (χ3v) is 2.23. The molecule has 6 heteroatoms. The minimum absolute atomic E-state index is 0.0168. The van der Waals surface area contributed by atoms with Crippen LogP contribution >= 0.6 is 0 Å². The van der Waals surface area contributed by atoms with E-state index in [4.69, 9.17) is 18.9 Å². The zero-order valence-corrected chi connectivity index (χ0v) is 9.53. The van der Waals surface area contributed by atoms with Gasteiger partial charge in [0.25, 0.3) is 0 Å². The Morgan fingerprint density at radius 1 is 1.18 bits per heavy atom. The first-order valence-electron chi connectivity index (χ1n) is 4.78. The van der Waals surface area contributed by atoms with E-state index in [-0.39, 0.29) is 28.6 Å². The van der Waals surface area contributed by atoms with Crippen LogP contribution in [0.4, 0.5) is 0 Å². The van der Waals surface area contributed by atoms with E-state index in [1.807, 2.05) is 0 Å². The Labute approximate surface area is 97.0 Å². The summed E-state index contributed by atoms with van der Waals surface area (Å²) in [6.45, 7) is 1.23. The summed E-state index contributed by atoms with van der Waals surface area (Å²) >= 11 is 0. The van der Waals surface area contributed by atoms with E-state index in [9.17, 15) is 9.59 Å². The number of benzene rings is 1. The van der Waals surface area contributed by atoms with Gasteiger partial charge in [0.15, 0.2) is 11.5 Å². The van der Waals surface area contributed by atoms with Crippen molar-refractivity contribution in [3.8, 4) is 23.0 Å². The van der Waals surface area contributed by atoms with Gasteiger partial charge in [0.2, 0.25) is 11.5 Å². The molecule has 0 N–H and O–H groups in total. The summed E-state index contributed by atoms with van der Waals surface area (Å²) in [6, 6.07) is 1.45. The lowest BCUT2D eigenvalue weighted by Crippen LogP contribution is -2.07. The van der Waals surface area contributed by atoms with E-state index in [0.29, 0.717) is 0 Å². The van der Waals surface area contributed by atoms with Gasteiger partial charge < -0.3 is 18.9 Å². The molecule has 0 unspecified atom stereocenters. The van der Waals surface area contributed by atoms with Gasteiger partial charge in [-0.3, -0.25) is 4.79 Å². The largest absolute Gasteiger partial charge is 0.490 e. The Morgan fingerprint density at radius 2 is 1.82 bits per heavy atom. The third-order valence-electron chi connectivity index (χ3n) is 2.23. The van der Waals surface area contributed by atoms with Crippen LogP contribution in [0.2, 0.25) is 0 Å². The van der Waals surface area contributed by atoms with Crippen molar-refractivity contribution in [1.29, 1.82) is 0 Å². The molecule has 2 rings (SSSR count). The van der Waals surface area contributed by atoms with Crippen molar-refractivity contribution in [2.75, 3.05) is 14.2 Å². The molecule has 90 valence electrons. The highest BCUT2D eigenvalue weighted by Gasteiger charge is 2.33. The zero-order valence-electron chi connectivity index (χ0n) is 9.53. The van der Waals surface area contributed by atoms with E-state index >= 15 is 0 Å². The number of fused-ring (bicyclic) bond motifs is 2. The molecule has 0 spiro atoms. The maximum absolute atomic E-state index is 11.5. The Hall–Kier alpha value is -2.24. The second-order valence-corrected chi connectivity index (χ2v) is 3.30. The molecule has 0 atom stereocenters. The summed E-state index contributed by atoms with van der Waals surface area (Å²) in [6.07, 6.45) is 0. The highest BCUT2D eigenvalue weighted by Crippen LogP contribution is 2.50. The lowest BCUT2D eigenvalue weighted by Gasteiger charge is -2.11. The van der Waals surface area contributed by atoms with Gasteiger partial charge >= 0.3 is 11.9 Å². The molecule has 0 radical (unpaired) electrons. The lowest BCUT2D eigenvalue weighted by molar-refractivity contribution is -0.132. The minimum atomic E-state index is -0.599. The summed E-state index contributed by atoms with van der Waals surface area (Å²) in [5.74, 6) is -0.505. The van der Waals surface area contributed by atoms with Gasteiger partial charge in [-0.2, -0.15) is 0 Å². The smallest absolute Gasteiger partial charge is 0.347 e. The first kappa shape index (κ1) is 11.3. The number of carbonyl (C=O) groups is 2. The zero-order chi connectivity index (χ0) is 12.6. The molecule has 0 saturated heterocycles. The predicted molar refractivity (Wildman–Crippen MR) is 55.8 cm³/mol. The Kier molecular flexibility index (Phi) is 2.63. The van der Waals surface area contributed by atoms with E-state index in [1.54, 1.807) is 0 Å². The number of carbonyl (C=O) groups excluding carboxylic acids is 2. The first-order chi connectivity index (χ1) is 8.08. The highest BCUT2D eigenvalue weighted by atomic mass is 16.6. The predicted octanol–water partition coefficient (Wildman–Crippen LogP) is 1.16. The molecule has 0 aromatic heterocycles. The normalized spacial score (nSPS) is 12.1. The molecule has 1 heterocycles. The van der Waals surface area contributed by atoms with Crippen LogP contribution in [0.1, 0.15) is 17.3 Å². The SMILES string of the molecule is COc1c2cc(c(OC(C)=O)c1OC)C(=O)O2. The van der Waals surface area contributed by atoms with Crippen molar-refractivity contribution in [2.24, 2.45) is 0 Å². The maximum atomic E-state index is 11.5. The molecule has 1 aromatic rings. The van der Waals surface area contributed by atoms with Crippen LogP contribution in [0, 0.1) is 0 Å². The standard InChI is InChI=1S/C11H10O6/c1-5(12)16-8-6-4-7(17-11(6)13)9(14-2)10(8)15-3/h4H,1-3H3. The van der Waals surface area contributed by atoms with Gasteiger partial charge in [-0.05, 0) is 0 Å². The van der Waals surface area contributed by atoms with E-state index in [0.717, 1.165) is 0 Å². The lowest BCUT2D eigenvalue weighted by atomic mass is 10.2. The van der Waals surface area contributed by atoms with Crippen LogP contribution in [-0.4, -0.2) is 26.2 Å². The molecule has 1 aliphatic rings. The Bertz CT molecular complexity index is 505. The molecule has 0 aliphatic carbocycles. The molecular weight excluding hydrogens is 228 g/mol. The molecular formula is C11H10O6. The fourth-order valence-corrected chi connectivity index (χ4v) is 1.61. The van der Waals surface area contributed by atoms with Gasteiger partial charge in [-0.25, -0.2) is 4.79 Å². The number of esters is 2. The first-order valence-corrected chi connectivity index (χ1v) is 4.78. The summed E-state index contributed by atoms with van der Waals surface area (Å²) in [4.78, 5) is 22.5. The van der Waals surface area contributed by atoms with Crippen molar-refractivity contribution in [2.45, 2.75) is 6.92 Å². The Morgan fingerprint density at radius 3 is 2.35 bits per heavy atom. The van der Waals surface area contributed by atoms with Crippen LogP contribution in [0.15, 0.2) is 6.07 Å². The third kappa shape index (κ3) is 1.67. The van der Waals surface area contributed by atoms with Crippen LogP contribution in [0.25, 0.3) is 0 Å². The summed E-state index contributed by atoms with van der Waals surface area (Å²) in [5.41, 5.74) is 0.146. The van der Waals surface area contributed by atoms with E-state index in [2.05, 4.69) is 0 Å². The van der Waals surface area contributed by atoms with Crippen LogP contribution in [0.5, 0.6) is 23.0 Å². The average molecular weight is 238 g/mol. The van der Waals surface area contributed by atoms with E-state index < -0.39 is 11.9 Å². The fraction of sp³-hybridized carbons (Fsp3) is 0.273. The monoisotopic (exact) mass is 238 g/mol. The molecule has 0 fully saturated rings. The van der Waals surface area contributed by atoms with E-state index in [1.165, 1.54) is 27.2 Å². The number of ether oxygens (including phenoxy) is 4. The molecule has 0 amide bonds. The van der Waals surface area contributed by atoms with Crippen LogP contribution in [-0.2, 0) is 4.79 Å². The van der Waals surface area contributed by atoms with Crippen molar-refractivity contribution in [3.05, 3.63) is 11.6 Å². The maximum Gasteiger partial charge on any atom is 0.347 e. The molecule has 2 bridgehead atoms. The quantitative estimate of drug-likeness (QED) is 0.581. The van der Waals surface area contributed by atoms with Crippen molar-refractivity contribution < 1.29 is 28.5 Å². The number of hydrogen-bond acceptors (Lipinski definition) is 6. The van der Waals surface area contributed by atoms with Gasteiger partial charge in [0.1, 0.15) is 5.56 Å². The highest BCUT2D eigenvalue weighted by molar-refractivity contribution is 6.01. The van der Waals surface area contributed by atoms with Gasteiger partial charge in [0.05, 0.1) is 14.2 Å². The molecule has 1 aliphatic heterocycles. The van der Waals surface area contributed by atoms with Gasteiger partial charge in [0, 0.05) is 13.0 Å². The van der Waals surface area contributed by atoms with Gasteiger partial charge in [-0.15, -0.1) is 0 Å². The molecule has 1 aromatic carbocycles. The van der Waals surface area contributed by atoms with Crippen LogP contribution in [0.3, 0.4) is 0 Å². The second-order valence-electron chi connectivity index (χ2n) is 3.30. The number of methoxy groups -OCH3 is 2. The number of hydrogen-bond donors (Lipinski definition) is 0. The van der Waals surface area contributed by atoms with Crippen LogP contribution < -0.4 is 18.9 Å². The molecule has 6 nitrogen and oxygen atoms in total.